The van der Waals surface area contributed by atoms with E-state index in [0.29, 0.717) is 11.3 Å². The summed E-state index contributed by atoms with van der Waals surface area (Å²) in [6, 6.07) is 3.45. The fourth-order valence-corrected chi connectivity index (χ4v) is 2.63. The van der Waals surface area contributed by atoms with E-state index < -0.39 is 5.97 Å². The lowest BCUT2D eigenvalue weighted by Crippen LogP contribution is -2.11. The lowest BCUT2D eigenvalue weighted by molar-refractivity contribution is -0.111. The number of rotatable bonds is 4. The van der Waals surface area contributed by atoms with Crippen LogP contribution in [0.5, 0.6) is 0 Å². The van der Waals surface area contributed by atoms with Gasteiger partial charge in [-0.05, 0) is 57.0 Å². The number of amides is 1. The number of ether oxygens (including phenoxy) is 1. The van der Waals surface area contributed by atoms with E-state index >= 15 is 0 Å². The van der Waals surface area contributed by atoms with Crippen molar-refractivity contribution >= 4 is 23.6 Å². The summed E-state index contributed by atoms with van der Waals surface area (Å²) in [7, 11) is 3.20. The topological polar surface area (TPSA) is 73.2 Å². The normalized spacial score (nSPS) is 11.0. The minimum absolute atomic E-state index is 0.276. The van der Waals surface area contributed by atoms with Crippen LogP contribution in [0.15, 0.2) is 18.2 Å². The fraction of sp³-hybridized carbons (Fsp3) is 0.316. The number of hydrogen-bond donors (Lipinski definition) is 1. The summed E-state index contributed by atoms with van der Waals surface area (Å²) in [5.41, 5.74) is 5.51. The molecule has 1 N–H and O–H groups in total. The molecule has 0 saturated heterocycles. The highest BCUT2D eigenvalue weighted by Gasteiger charge is 2.13. The molecule has 6 heteroatoms. The summed E-state index contributed by atoms with van der Waals surface area (Å²) in [5.74, 6) is -0.699. The molecule has 6 nitrogen and oxygen atoms in total. The number of nitrogens with one attached hydrogen (secondary N) is 1. The van der Waals surface area contributed by atoms with Crippen LogP contribution in [0, 0.1) is 27.7 Å². The summed E-state index contributed by atoms with van der Waals surface area (Å²) in [5, 5.41) is 7.10. The van der Waals surface area contributed by atoms with Gasteiger partial charge in [-0.25, -0.2) is 4.79 Å². The SMILES string of the molecule is COC(=O)c1cc(NC(=O)C=Cc2c(C)nn(C)c2C)cc(C)c1C. The third-order valence-corrected chi connectivity index (χ3v) is 4.31. The Balaban J connectivity index is 2.22. The standard InChI is InChI=1S/C19H23N3O3/c1-11-9-15(10-17(12(11)2)19(24)25-6)20-18(23)8-7-16-13(3)21-22(5)14(16)4/h7-10H,1-6H3,(H,20,23). The molecule has 0 spiro atoms. The molecule has 0 atom stereocenters. The van der Waals surface area contributed by atoms with Crippen LogP contribution < -0.4 is 5.32 Å². The van der Waals surface area contributed by atoms with Crippen molar-refractivity contribution in [3.63, 3.8) is 0 Å². The minimum Gasteiger partial charge on any atom is -0.465 e. The van der Waals surface area contributed by atoms with Crippen molar-refractivity contribution in [3.05, 3.63) is 51.9 Å². The van der Waals surface area contributed by atoms with Gasteiger partial charge in [0.1, 0.15) is 0 Å². The second kappa shape index (κ2) is 7.34. The van der Waals surface area contributed by atoms with Crippen molar-refractivity contribution in [2.24, 2.45) is 7.05 Å². The number of esters is 1. The quantitative estimate of drug-likeness (QED) is 0.685. The average molecular weight is 341 g/mol. The molecular weight excluding hydrogens is 318 g/mol. The lowest BCUT2D eigenvalue weighted by atomic mass is 10.0. The van der Waals surface area contributed by atoms with E-state index in [2.05, 4.69) is 10.4 Å². The predicted octanol–water partition coefficient (Wildman–Crippen LogP) is 3.09. The van der Waals surface area contributed by atoms with Gasteiger partial charge in [-0.3, -0.25) is 9.48 Å². The molecule has 0 bridgehead atoms. The zero-order valence-corrected chi connectivity index (χ0v) is 15.4. The molecule has 25 heavy (non-hydrogen) atoms. The maximum absolute atomic E-state index is 12.2. The van der Waals surface area contributed by atoms with E-state index in [9.17, 15) is 9.59 Å². The number of anilines is 1. The Labute approximate surface area is 147 Å². The van der Waals surface area contributed by atoms with E-state index in [1.54, 1.807) is 16.8 Å². The third-order valence-electron chi connectivity index (χ3n) is 4.31. The first-order valence-corrected chi connectivity index (χ1v) is 7.93. The molecule has 1 aromatic carbocycles. The summed E-state index contributed by atoms with van der Waals surface area (Å²) >= 11 is 0. The van der Waals surface area contributed by atoms with Crippen LogP contribution >= 0.6 is 0 Å². The van der Waals surface area contributed by atoms with Gasteiger partial charge in [0, 0.05) is 30.1 Å². The van der Waals surface area contributed by atoms with Gasteiger partial charge in [0.15, 0.2) is 0 Å². The summed E-state index contributed by atoms with van der Waals surface area (Å²) in [6.07, 6.45) is 3.21. The number of aromatic nitrogens is 2. The maximum atomic E-state index is 12.2. The number of nitrogens with zero attached hydrogens (tertiary/aromatic N) is 2. The van der Waals surface area contributed by atoms with Crippen molar-refractivity contribution < 1.29 is 14.3 Å². The number of aryl methyl sites for hydroxylation is 3. The van der Waals surface area contributed by atoms with Crippen LogP contribution in [0.1, 0.15) is 38.4 Å². The van der Waals surface area contributed by atoms with Crippen molar-refractivity contribution in [2.75, 3.05) is 12.4 Å². The van der Waals surface area contributed by atoms with Gasteiger partial charge >= 0.3 is 5.97 Å². The molecule has 0 aliphatic rings. The Morgan fingerprint density at radius 1 is 1.20 bits per heavy atom. The second-order valence-corrected chi connectivity index (χ2v) is 5.99. The molecule has 1 heterocycles. The molecular formula is C19H23N3O3. The number of benzene rings is 1. The summed E-state index contributed by atoms with van der Waals surface area (Å²) in [4.78, 5) is 24.1. The Hall–Kier alpha value is -2.89. The van der Waals surface area contributed by atoms with Crippen LogP contribution in [0.3, 0.4) is 0 Å². The highest BCUT2D eigenvalue weighted by Crippen LogP contribution is 2.21. The second-order valence-electron chi connectivity index (χ2n) is 5.99. The van der Waals surface area contributed by atoms with Crippen molar-refractivity contribution in [3.8, 4) is 0 Å². The Kier molecular flexibility index (Phi) is 5.41. The Morgan fingerprint density at radius 2 is 1.88 bits per heavy atom. The first-order valence-electron chi connectivity index (χ1n) is 7.93. The Bertz CT molecular complexity index is 863. The molecule has 0 radical (unpaired) electrons. The van der Waals surface area contributed by atoms with Crippen LogP contribution in [0.2, 0.25) is 0 Å². The fourth-order valence-electron chi connectivity index (χ4n) is 2.63. The van der Waals surface area contributed by atoms with E-state index in [1.807, 2.05) is 40.8 Å². The molecule has 2 aromatic rings. The van der Waals surface area contributed by atoms with Crippen molar-refractivity contribution in [1.29, 1.82) is 0 Å². The van der Waals surface area contributed by atoms with Gasteiger partial charge in [0.2, 0.25) is 5.91 Å². The van der Waals surface area contributed by atoms with Gasteiger partial charge in [-0.1, -0.05) is 0 Å². The van der Waals surface area contributed by atoms with Gasteiger partial charge in [0.25, 0.3) is 0 Å². The molecule has 0 fully saturated rings. The van der Waals surface area contributed by atoms with Crippen LogP contribution in [0.4, 0.5) is 5.69 Å². The molecule has 1 amide bonds. The maximum Gasteiger partial charge on any atom is 0.338 e. The number of carbonyl (C=O) groups is 2. The predicted molar refractivity (Wildman–Crippen MR) is 97.6 cm³/mol. The molecule has 1 aromatic heterocycles. The van der Waals surface area contributed by atoms with Crippen molar-refractivity contribution in [1.82, 2.24) is 9.78 Å². The summed E-state index contributed by atoms with van der Waals surface area (Å²) in [6.45, 7) is 7.58. The molecule has 0 aliphatic heterocycles. The molecule has 2 rings (SSSR count). The number of carbonyl (C=O) groups excluding carboxylic acids is 2. The molecule has 132 valence electrons. The molecule has 0 aliphatic carbocycles. The average Bonchev–Trinajstić information content (AvgIpc) is 2.80. The Morgan fingerprint density at radius 3 is 2.44 bits per heavy atom. The molecule has 0 unspecified atom stereocenters. The monoisotopic (exact) mass is 341 g/mol. The number of methoxy groups -OCH3 is 1. The lowest BCUT2D eigenvalue weighted by Gasteiger charge is -2.11. The minimum atomic E-state index is -0.422. The first kappa shape index (κ1) is 18.4. The number of hydrogen-bond acceptors (Lipinski definition) is 4. The third kappa shape index (κ3) is 3.96. The highest BCUT2D eigenvalue weighted by atomic mass is 16.5. The van der Waals surface area contributed by atoms with E-state index in [1.165, 1.54) is 13.2 Å². The zero-order chi connectivity index (χ0) is 18.7. The smallest absolute Gasteiger partial charge is 0.338 e. The van der Waals surface area contributed by atoms with E-state index in [0.717, 1.165) is 28.1 Å². The van der Waals surface area contributed by atoms with Gasteiger partial charge in [-0.2, -0.15) is 5.10 Å². The van der Waals surface area contributed by atoms with Crippen LogP contribution in [-0.2, 0) is 16.6 Å². The largest absolute Gasteiger partial charge is 0.465 e. The zero-order valence-electron chi connectivity index (χ0n) is 15.4. The van der Waals surface area contributed by atoms with Crippen LogP contribution in [-0.4, -0.2) is 28.8 Å². The van der Waals surface area contributed by atoms with Crippen LogP contribution in [0.25, 0.3) is 6.08 Å². The summed E-state index contributed by atoms with van der Waals surface area (Å²) < 4.78 is 6.57. The van der Waals surface area contributed by atoms with E-state index in [4.69, 9.17) is 4.74 Å². The van der Waals surface area contributed by atoms with Gasteiger partial charge < -0.3 is 10.1 Å². The highest BCUT2D eigenvalue weighted by molar-refractivity contribution is 6.03. The first-order chi connectivity index (χ1) is 11.7. The van der Waals surface area contributed by atoms with Gasteiger partial charge in [0.05, 0.1) is 18.4 Å². The van der Waals surface area contributed by atoms with E-state index in [-0.39, 0.29) is 5.91 Å². The van der Waals surface area contributed by atoms with Gasteiger partial charge in [-0.15, -0.1) is 0 Å². The molecule has 0 saturated carbocycles. The van der Waals surface area contributed by atoms with Crippen molar-refractivity contribution in [2.45, 2.75) is 27.7 Å².